The predicted molar refractivity (Wildman–Crippen MR) is 60.3 cm³/mol. The zero-order chi connectivity index (χ0) is 9.26. The Labute approximate surface area is 97.1 Å². The number of halogens is 2. The summed E-state index contributed by atoms with van der Waals surface area (Å²) in [6.07, 6.45) is 6.71. The van der Waals surface area contributed by atoms with E-state index >= 15 is 0 Å². The van der Waals surface area contributed by atoms with Crippen LogP contribution in [0.15, 0.2) is 12.4 Å². The maximum atomic E-state index is 6.13. The molecule has 2 atom stereocenters. The summed E-state index contributed by atoms with van der Waals surface area (Å²) in [5, 5.41) is 0. The van der Waals surface area contributed by atoms with E-state index in [1.807, 2.05) is 15.5 Å². The van der Waals surface area contributed by atoms with Crippen molar-refractivity contribution in [3.8, 4) is 0 Å². The van der Waals surface area contributed by atoms with E-state index in [4.69, 9.17) is 16.3 Å². The van der Waals surface area contributed by atoms with Gasteiger partial charge in [0.25, 0.3) is 0 Å². The van der Waals surface area contributed by atoms with Crippen LogP contribution in [0.5, 0.6) is 0 Å². The third kappa shape index (κ3) is 2.22. The lowest BCUT2D eigenvalue weighted by Crippen LogP contribution is -2.34. The number of nitrogens with zero attached hydrogens (tertiary/aromatic N) is 2. The molecule has 0 saturated carbocycles. The summed E-state index contributed by atoms with van der Waals surface area (Å²) < 4.78 is 7.50. The van der Waals surface area contributed by atoms with E-state index in [0.717, 1.165) is 19.6 Å². The third-order valence-electron chi connectivity index (χ3n) is 2.32. The molecule has 3 nitrogen and oxygen atoms in total. The molecule has 74 valence electrons. The Balaban J connectivity index is 1.84. The molecule has 0 N–H and O–H groups in total. The molecule has 2 aliphatic rings. The average Bonchev–Trinajstić information content (AvgIpc) is 2.71. The lowest BCUT2D eigenvalue weighted by Gasteiger charge is -2.25. The molecule has 0 amide bonds. The molecule has 0 bridgehead atoms. The Bertz CT molecular complexity index is 208. The quantitative estimate of drug-likeness (QED) is 0.336. The molecule has 2 aliphatic heterocycles. The molecule has 2 rings (SSSR count). The zero-order valence-electron chi connectivity index (χ0n) is 7.20. The van der Waals surface area contributed by atoms with Crippen LogP contribution in [0.4, 0.5) is 0 Å². The number of alkyl halides is 1. The van der Waals surface area contributed by atoms with Gasteiger partial charge in [-0.2, -0.15) is 0 Å². The van der Waals surface area contributed by atoms with Gasteiger partial charge in [0.2, 0.25) is 0 Å². The van der Waals surface area contributed by atoms with E-state index in [2.05, 4.69) is 27.8 Å². The molecule has 0 spiro atoms. The van der Waals surface area contributed by atoms with Gasteiger partial charge in [-0.05, 0) is 12.8 Å². The van der Waals surface area contributed by atoms with Crippen LogP contribution in [0, 0.1) is 0 Å². The third-order valence-corrected chi connectivity index (χ3v) is 3.96. The Kier molecular flexibility index (Phi) is 3.21. The Hall–Kier alpha value is 0.320. The van der Waals surface area contributed by atoms with Crippen molar-refractivity contribution in [1.82, 2.24) is 8.01 Å². The van der Waals surface area contributed by atoms with E-state index < -0.39 is 0 Å². The van der Waals surface area contributed by atoms with Crippen LogP contribution in [-0.2, 0) is 4.74 Å². The molecule has 1 fully saturated rings. The lowest BCUT2D eigenvalue weighted by atomic mass is 10.2. The molecule has 0 aromatic rings. The van der Waals surface area contributed by atoms with Gasteiger partial charge >= 0.3 is 0 Å². The highest BCUT2D eigenvalue weighted by molar-refractivity contribution is 14.1. The van der Waals surface area contributed by atoms with Crippen molar-refractivity contribution in [3.63, 3.8) is 0 Å². The monoisotopic (exact) mass is 314 g/mol. The van der Waals surface area contributed by atoms with Crippen LogP contribution in [0.2, 0.25) is 0 Å². The Morgan fingerprint density at radius 1 is 1.54 bits per heavy atom. The highest BCUT2D eigenvalue weighted by Gasteiger charge is 2.26. The highest BCUT2D eigenvalue weighted by Crippen LogP contribution is 2.25. The van der Waals surface area contributed by atoms with Gasteiger partial charge in [0, 0.05) is 25.6 Å². The molecule has 0 aromatic carbocycles. The van der Waals surface area contributed by atoms with E-state index in [9.17, 15) is 0 Å². The standard InChI is InChI=1S/C8H12ClIN2O/c9-8-11(3-4-12(8)10)6-7-2-1-5-13-7/h3-4,7-8H,1-2,5-6H2/t7-,8?/m0/s1. The summed E-state index contributed by atoms with van der Waals surface area (Å²) >= 11 is 8.33. The van der Waals surface area contributed by atoms with Gasteiger partial charge in [-0.25, -0.2) is 0 Å². The number of rotatable bonds is 2. The molecule has 1 unspecified atom stereocenters. The first-order chi connectivity index (χ1) is 6.27. The van der Waals surface area contributed by atoms with E-state index in [1.165, 1.54) is 6.42 Å². The van der Waals surface area contributed by atoms with Crippen LogP contribution < -0.4 is 0 Å². The average molecular weight is 315 g/mol. The number of hydrogen-bond donors (Lipinski definition) is 0. The first-order valence-electron chi connectivity index (χ1n) is 4.41. The van der Waals surface area contributed by atoms with Gasteiger partial charge in [0.15, 0.2) is 5.62 Å². The van der Waals surface area contributed by atoms with Crippen molar-refractivity contribution in [3.05, 3.63) is 12.4 Å². The smallest absolute Gasteiger partial charge is 0.187 e. The molecule has 1 saturated heterocycles. The molecule has 0 aromatic heterocycles. The lowest BCUT2D eigenvalue weighted by molar-refractivity contribution is 0.0818. The normalized spacial score (nSPS) is 33.4. The van der Waals surface area contributed by atoms with E-state index in [0.29, 0.717) is 6.10 Å². The van der Waals surface area contributed by atoms with Crippen molar-refractivity contribution >= 4 is 34.5 Å². The second-order valence-electron chi connectivity index (χ2n) is 3.28. The van der Waals surface area contributed by atoms with Crippen molar-refractivity contribution < 1.29 is 4.74 Å². The summed E-state index contributed by atoms with van der Waals surface area (Å²) in [5.41, 5.74) is -0.0511. The maximum Gasteiger partial charge on any atom is 0.187 e. The van der Waals surface area contributed by atoms with Gasteiger partial charge in [-0.3, -0.25) is 3.11 Å². The van der Waals surface area contributed by atoms with Gasteiger partial charge < -0.3 is 9.64 Å². The van der Waals surface area contributed by atoms with E-state index in [1.54, 1.807) is 0 Å². The topological polar surface area (TPSA) is 15.7 Å². The Morgan fingerprint density at radius 2 is 2.38 bits per heavy atom. The van der Waals surface area contributed by atoms with Crippen LogP contribution in [-0.4, -0.2) is 32.9 Å². The first kappa shape index (κ1) is 9.86. The molecular formula is C8H12ClIN2O. The van der Waals surface area contributed by atoms with Crippen molar-refractivity contribution in [2.24, 2.45) is 0 Å². The van der Waals surface area contributed by atoms with Crippen molar-refractivity contribution in [1.29, 1.82) is 0 Å². The second-order valence-corrected chi connectivity index (χ2v) is 4.79. The van der Waals surface area contributed by atoms with Crippen LogP contribution >= 0.6 is 34.5 Å². The zero-order valence-corrected chi connectivity index (χ0v) is 10.1. The van der Waals surface area contributed by atoms with Crippen molar-refractivity contribution in [2.45, 2.75) is 24.6 Å². The minimum absolute atomic E-state index is 0.0511. The van der Waals surface area contributed by atoms with Gasteiger partial charge in [-0.15, -0.1) is 0 Å². The fourth-order valence-corrected chi connectivity index (χ4v) is 2.28. The van der Waals surface area contributed by atoms with Gasteiger partial charge in [-0.1, -0.05) is 11.6 Å². The molecular weight excluding hydrogens is 302 g/mol. The second kappa shape index (κ2) is 4.23. The van der Waals surface area contributed by atoms with Crippen LogP contribution in [0.3, 0.4) is 0 Å². The largest absolute Gasteiger partial charge is 0.376 e. The van der Waals surface area contributed by atoms with Crippen molar-refractivity contribution in [2.75, 3.05) is 13.2 Å². The Morgan fingerprint density at radius 3 is 2.92 bits per heavy atom. The van der Waals surface area contributed by atoms with Gasteiger partial charge in [0.1, 0.15) is 0 Å². The molecule has 2 heterocycles. The number of ether oxygens (including phenoxy) is 1. The first-order valence-corrected chi connectivity index (χ1v) is 5.81. The summed E-state index contributed by atoms with van der Waals surface area (Å²) in [6.45, 7) is 1.81. The molecule has 5 heteroatoms. The maximum absolute atomic E-state index is 6.13. The van der Waals surface area contributed by atoms with Crippen LogP contribution in [0.25, 0.3) is 0 Å². The fourth-order valence-electron chi connectivity index (χ4n) is 1.60. The molecule has 0 radical (unpaired) electrons. The summed E-state index contributed by atoms with van der Waals surface area (Å²) in [7, 11) is 0. The fraction of sp³-hybridized carbons (Fsp3) is 0.750. The SMILES string of the molecule is ClC1N(I)C=CN1C[C@@H]1CCCO1. The molecule has 0 aliphatic carbocycles. The minimum Gasteiger partial charge on any atom is -0.376 e. The number of hydrogen-bond acceptors (Lipinski definition) is 3. The van der Waals surface area contributed by atoms with Gasteiger partial charge in [0.05, 0.1) is 29.0 Å². The summed E-state index contributed by atoms with van der Waals surface area (Å²) in [4.78, 5) is 2.10. The predicted octanol–water partition coefficient (Wildman–Crippen LogP) is 2.13. The highest BCUT2D eigenvalue weighted by atomic mass is 127. The molecule has 13 heavy (non-hydrogen) atoms. The van der Waals surface area contributed by atoms with E-state index in [-0.39, 0.29) is 5.62 Å². The summed E-state index contributed by atoms with van der Waals surface area (Å²) in [5.74, 6) is 0. The minimum atomic E-state index is -0.0511. The summed E-state index contributed by atoms with van der Waals surface area (Å²) in [6, 6.07) is 0. The van der Waals surface area contributed by atoms with Crippen LogP contribution in [0.1, 0.15) is 12.8 Å².